The molecule has 1 aliphatic rings. The Hall–Kier alpha value is -2.92. The van der Waals surface area contributed by atoms with Gasteiger partial charge in [0.05, 0.1) is 12.9 Å². The normalized spacial score (nSPS) is 16.5. The van der Waals surface area contributed by atoms with Gasteiger partial charge in [-0.25, -0.2) is 0 Å². The molecule has 4 nitrogen and oxygen atoms in total. The zero-order valence-corrected chi connectivity index (χ0v) is 18.7. The molecule has 1 aliphatic heterocycles. The van der Waals surface area contributed by atoms with Crippen LogP contribution in [0.3, 0.4) is 0 Å². The lowest BCUT2D eigenvalue weighted by molar-refractivity contribution is -0.115. The van der Waals surface area contributed by atoms with Gasteiger partial charge in [-0.1, -0.05) is 43.7 Å². The molecule has 0 saturated carbocycles. The monoisotopic (exact) mass is 430 g/mol. The van der Waals surface area contributed by atoms with Crippen molar-refractivity contribution in [2.45, 2.75) is 31.7 Å². The van der Waals surface area contributed by atoms with Crippen LogP contribution in [0, 0.1) is 0 Å². The van der Waals surface area contributed by atoms with Gasteiger partial charge >= 0.3 is 0 Å². The van der Waals surface area contributed by atoms with Gasteiger partial charge < -0.3 is 9.30 Å². The summed E-state index contributed by atoms with van der Waals surface area (Å²) >= 11 is 1.68. The molecule has 0 N–H and O–H groups in total. The number of unbranched alkanes of at least 4 members (excludes halogenated alkanes) is 1. The van der Waals surface area contributed by atoms with Gasteiger partial charge in [-0.3, -0.25) is 9.69 Å². The largest absolute Gasteiger partial charge is 0.497 e. The van der Waals surface area contributed by atoms with E-state index in [0.29, 0.717) is 5.75 Å². The number of aromatic nitrogens is 1. The molecule has 31 heavy (non-hydrogen) atoms. The first-order valence-electron chi connectivity index (χ1n) is 10.8. The molecule has 2 heterocycles. The fraction of sp³-hybridized carbons (Fsp3) is 0.269. The minimum absolute atomic E-state index is 0.0238. The van der Waals surface area contributed by atoms with E-state index < -0.39 is 0 Å². The van der Waals surface area contributed by atoms with Gasteiger partial charge in [-0.05, 0) is 48.4 Å². The average molecular weight is 431 g/mol. The number of thioether (sulfide) groups is 1. The van der Waals surface area contributed by atoms with Gasteiger partial charge in [0, 0.05) is 34.0 Å². The van der Waals surface area contributed by atoms with E-state index in [1.54, 1.807) is 18.9 Å². The predicted molar refractivity (Wildman–Crippen MR) is 130 cm³/mol. The van der Waals surface area contributed by atoms with Crippen molar-refractivity contribution >= 4 is 45.2 Å². The van der Waals surface area contributed by atoms with Gasteiger partial charge in [-0.2, -0.15) is 0 Å². The van der Waals surface area contributed by atoms with Crippen LogP contribution in [0.1, 0.15) is 30.7 Å². The molecule has 0 bridgehead atoms. The van der Waals surface area contributed by atoms with Crippen LogP contribution >= 0.6 is 11.8 Å². The first kappa shape index (κ1) is 20.0. The first-order chi connectivity index (χ1) is 15.2. The summed E-state index contributed by atoms with van der Waals surface area (Å²) in [6.07, 6.45) is 2.31. The van der Waals surface area contributed by atoms with Gasteiger partial charge in [0.25, 0.3) is 0 Å². The van der Waals surface area contributed by atoms with E-state index in [-0.39, 0.29) is 11.3 Å². The molecule has 1 fully saturated rings. The third-order valence-corrected chi connectivity index (χ3v) is 7.25. The Balaban J connectivity index is 1.60. The molecule has 4 aromatic rings. The molecule has 5 rings (SSSR count). The minimum Gasteiger partial charge on any atom is -0.497 e. The Morgan fingerprint density at radius 3 is 2.55 bits per heavy atom. The average Bonchev–Trinajstić information content (AvgIpc) is 3.35. The molecule has 158 valence electrons. The van der Waals surface area contributed by atoms with Crippen molar-refractivity contribution in [2.24, 2.45) is 0 Å². The third-order valence-electron chi connectivity index (χ3n) is 6.04. The number of hydrogen-bond acceptors (Lipinski definition) is 3. The molecule has 0 radical (unpaired) electrons. The predicted octanol–water partition coefficient (Wildman–Crippen LogP) is 6.38. The van der Waals surface area contributed by atoms with Gasteiger partial charge in [0.2, 0.25) is 5.91 Å². The second-order valence-electron chi connectivity index (χ2n) is 7.92. The Labute approximate surface area is 186 Å². The summed E-state index contributed by atoms with van der Waals surface area (Å²) in [4.78, 5) is 14.9. The van der Waals surface area contributed by atoms with E-state index >= 15 is 0 Å². The maximum atomic E-state index is 12.9. The highest BCUT2D eigenvalue weighted by atomic mass is 32.2. The number of aryl methyl sites for hydroxylation is 1. The number of amides is 1. The number of nitrogens with zero attached hydrogens (tertiary/aromatic N) is 2. The Kier molecular flexibility index (Phi) is 5.36. The highest BCUT2D eigenvalue weighted by Gasteiger charge is 2.34. The van der Waals surface area contributed by atoms with Gasteiger partial charge in [-0.15, -0.1) is 11.8 Å². The Morgan fingerprint density at radius 2 is 1.77 bits per heavy atom. The van der Waals surface area contributed by atoms with E-state index in [1.807, 2.05) is 17.0 Å². The molecule has 3 aromatic carbocycles. The Bertz CT molecular complexity index is 1250. The molecular weight excluding hydrogens is 404 g/mol. The number of fused-ring (bicyclic) bond motifs is 3. The lowest BCUT2D eigenvalue weighted by atomic mass is 10.1. The van der Waals surface area contributed by atoms with Crippen LogP contribution in [0.2, 0.25) is 0 Å². The second-order valence-corrected chi connectivity index (χ2v) is 8.99. The lowest BCUT2D eigenvalue weighted by Crippen LogP contribution is -2.27. The molecule has 0 spiro atoms. The summed E-state index contributed by atoms with van der Waals surface area (Å²) in [6, 6.07) is 23.1. The fourth-order valence-corrected chi connectivity index (χ4v) is 5.64. The zero-order valence-electron chi connectivity index (χ0n) is 17.9. The summed E-state index contributed by atoms with van der Waals surface area (Å²) in [7, 11) is 1.67. The fourth-order valence-electron chi connectivity index (χ4n) is 4.47. The van der Waals surface area contributed by atoms with E-state index in [1.165, 1.54) is 21.8 Å². The topological polar surface area (TPSA) is 34.5 Å². The van der Waals surface area contributed by atoms with E-state index in [4.69, 9.17) is 4.74 Å². The van der Waals surface area contributed by atoms with Crippen LogP contribution in [0.25, 0.3) is 21.8 Å². The molecule has 1 unspecified atom stereocenters. The van der Waals surface area contributed by atoms with Crippen molar-refractivity contribution in [3.63, 3.8) is 0 Å². The number of carbonyl (C=O) groups is 1. The van der Waals surface area contributed by atoms with Crippen molar-refractivity contribution in [3.05, 3.63) is 72.3 Å². The van der Waals surface area contributed by atoms with Crippen LogP contribution < -0.4 is 9.64 Å². The number of rotatable bonds is 6. The van der Waals surface area contributed by atoms with Crippen molar-refractivity contribution in [1.29, 1.82) is 0 Å². The number of para-hydroxylation sites is 1. The summed E-state index contributed by atoms with van der Waals surface area (Å²) < 4.78 is 7.71. The van der Waals surface area contributed by atoms with Crippen LogP contribution in [-0.4, -0.2) is 23.3 Å². The number of ether oxygens (including phenoxy) is 1. The molecule has 0 aliphatic carbocycles. The Morgan fingerprint density at radius 1 is 1.00 bits per heavy atom. The van der Waals surface area contributed by atoms with Crippen molar-refractivity contribution < 1.29 is 9.53 Å². The van der Waals surface area contributed by atoms with Crippen LogP contribution in [0.15, 0.2) is 66.7 Å². The standard InChI is InChI=1S/C26H26N2O2S/c1-3-4-15-27-23-8-6-5-7-21(23)22-16-19(11-14-24(22)27)28-25(29)17-31-26(28)18-9-12-20(30-2)13-10-18/h5-14,16,26H,3-4,15,17H2,1-2H3. The van der Waals surface area contributed by atoms with Crippen LogP contribution in [-0.2, 0) is 11.3 Å². The van der Waals surface area contributed by atoms with E-state index in [2.05, 4.69) is 66.1 Å². The molecule has 1 aromatic heterocycles. The van der Waals surface area contributed by atoms with Crippen LogP contribution in [0.5, 0.6) is 5.75 Å². The smallest absolute Gasteiger partial charge is 0.238 e. The molecular formula is C26H26N2O2S. The minimum atomic E-state index is -0.0238. The molecule has 1 amide bonds. The number of anilines is 1. The highest BCUT2D eigenvalue weighted by molar-refractivity contribution is 8.00. The SMILES string of the molecule is CCCCn1c2ccccc2c2cc(N3C(=O)CSC3c3ccc(OC)cc3)ccc21. The summed E-state index contributed by atoms with van der Waals surface area (Å²) in [5, 5.41) is 2.43. The van der Waals surface area contributed by atoms with Crippen molar-refractivity contribution in [3.8, 4) is 5.75 Å². The summed E-state index contributed by atoms with van der Waals surface area (Å²) in [5.74, 6) is 1.47. The maximum absolute atomic E-state index is 12.9. The summed E-state index contributed by atoms with van der Waals surface area (Å²) in [5.41, 5.74) is 4.57. The van der Waals surface area contributed by atoms with Gasteiger partial charge in [0.1, 0.15) is 11.1 Å². The van der Waals surface area contributed by atoms with E-state index in [0.717, 1.165) is 36.4 Å². The number of methoxy groups -OCH3 is 1. The first-order valence-corrected chi connectivity index (χ1v) is 11.8. The summed E-state index contributed by atoms with van der Waals surface area (Å²) in [6.45, 7) is 3.23. The number of carbonyl (C=O) groups excluding carboxylic acids is 1. The third kappa shape index (κ3) is 3.47. The zero-order chi connectivity index (χ0) is 21.4. The number of hydrogen-bond donors (Lipinski definition) is 0. The molecule has 1 saturated heterocycles. The van der Waals surface area contributed by atoms with Crippen LogP contribution in [0.4, 0.5) is 5.69 Å². The molecule has 1 atom stereocenters. The number of benzene rings is 3. The van der Waals surface area contributed by atoms with Crippen molar-refractivity contribution in [1.82, 2.24) is 4.57 Å². The quantitative estimate of drug-likeness (QED) is 0.356. The lowest BCUT2D eigenvalue weighted by Gasteiger charge is -2.24. The van der Waals surface area contributed by atoms with Crippen molar-refractivity contribution in [2.75, 3.05) is 17.8 Å². The van der Waals surface area contributed by atoms with E-state index in [9.17, 15) is 4.79 Å². The maximum Gasteiger partial charge on any atom is 0.238 e. The second kappa shape index (κ2) is 8.31. The molecule has 5 heteroatoms. The van der Waals surface area contributed by atoms with Gasteiger partial charge in [0.15, 0.2) is 0 Å². The highest BCUT2D eigenvalue weighted by Crippen LogP contribution is 2.43.